The average Bonchev–Trinajstić information content (AvgIpc) is 3.30. The van der Waals surface area contributed by atoms with Crippen molar-refractivity contribution in [2.24, 2.45) is 5.92 Å². The smallest absolute Gasteiger partial charge is 0.413 e. The van der Waals surface area contributed by atoms with Crippen LogP contribution in [0.5, 0.6) is 5.88 Å². The third kappa shape index (κ3) is 3.41. The Morgan fingerprint density at radius 3 is 2.91 bits per heavy atom. The molecule has 1 aliphatic heterocycles. The molecule has 34 heavy (non-hydrogen) atoms. The Morgan fingerprint density at radius 1 is 1.32 bits per heavy atom. The predicted octanol–water partition coefficient (Wildman–Crippen LogP) is 4.31. The fourth-order valence-electron chi connectivity index (χ4n) is 4.92. The number of pyridine rings is 2. The van der Waals surface area contributed by atoms with Crippen molar-refractivity contribution >= 4 is 34.1 Å². The molecule has 3 aromatic rings. The van der Waals surface area contributed by atoms with E-state index in [1.54, 1.807) is 18.3 Å². The molecule has 0 unspecified atom stereocenters. The average molecular weight is 462 g/mol. The fraction of sp³-hybridized carbons (Fsp3) is 0.333. The van der Waals surface area contributed by atoms with E-state index in [1.165, 1.54) is 6.20 Å². The SMILES string of the molecule is Cc1c(-c2cc3cc(N(C(=O)O)[C@@H]4CCC[C@H]4C#N)ncc3c(N)c2F)cnc2c1NCCO2. The highest BCUT2D eigenvalue weighted by Crippen LogP contribution is 2.40. The second-order valence-electron chi connectivity index (χ2n) is 8.55. The number of nitrogens with two attached hydrogens (primary N) is 1. The van der Waals surface area contributed by atoms with Crippen LogP contribution in [0.1, 0.15) is 24.8 Å². The molecule has 0 saturated heterocycles. The van der Waals surface area contributed by atoms with Crippen LogP contribution in [0.15, 0.2) is 24.5 Å². The molecule has 1 fully saturated rings. The lowest BCUT2D eigenvalue weighted by Gasteiger charge is -2.27. The third-order valence-corrected chi connectivity index (χ3v) is 6.65. The molecule has 4 N–H and O–H groups in total. The van der Waals surface area contributed by atoms with Crippen molar-refractivity contribution in [2.75, 3.05) is 29.1 Å². The number of benzene rings is 1. The summed E-state index contributed by atoms with van der Waals surface area (Å²) < 4.78 is 21.0. The minimum absolute atomic E-state index is 0.0782. The molecule has 0 bridgehead atoms. The first-order chi connectivity index (χ1) is 16.4. The van der Waals surface area contributed by atoms with Crippen molar-refractivity contribution in [1.82, 2.24) is 9.97 Å². The van der Waals surface area contributed by atoms with Crippen LogP contribution >= 0.6 is 0 Å². The number of ether oxygens (including phenoxy) is 1. The van der Waals surface area contributed by atoms with Crippen LogP contribution in [0, 0.1) is 30.0 Å². The number of nitrogens with zero attached hydrogens (tertiary/aromatic N) is 4. The molecule has 5 rings (SSSR count). The number of halogens is 1. The van der Waals surface area contributed by atoms with Gasteiger partial charge in [-0.15, -0.1) is 0 Å². The summed E-state index contributed by atoms with van der Waals surface area (Å²) in [5, 5.41) is 23.5. The van der Waals surface area contributed by atoms with Gasteiger partial charge in [-0.3, -0.25) is 4.90 Å². The Labute approximate surface area is 195 Å². The molecule has 0 spiro atoms. The molecule has 174 valence electrons. The summed E-state index contributed by atoms with van der Waals surface area (Å²) in [6, 6.07) is 4.93. The van der Waals surface area contributed by atoms with Gasteiger partial charge < -0.3 is 20.9 Å². The van der Waals surface area contributed by atoms with Gasteiger partial charge in [0, 0.05) is 35.5 Å². The first-order valence-corrected chi connectivity index (χ1v) is 11.1. The molecule has 9 nitrogen and oxygen atoms in total. The Balaban J connectivity index is 1.65. The van der Waals surface area contributed by atoms with E-state index in [4.69, 9.17) is 10.5 Å². The lowest BCUT2D eigenvalue weighted by atomic mass is 9.97. The fourth-order valence-corrected chi connectivity index (χ4v) is 4.92. The van der Waals surface area contributed by atoms with Gasteiger partial charge in [0.25, 0.3) is 0 Å². The van der Waals surface area contributed by atoms with Crippen molar-refractivity contribution in [1.29, 1.82) is 5.26 Å². The topological polar surface area (TPSA) is 137 Å². The van der Waals surface area contributed by atoms with Crippen LogP contribution in [0.3, 0.4) is 0 Å². The van der Waals surface area contributed by atoms with E-state index in [0.29, 0.717) is 53.9 Å². The summed E-state index contributed by atoms with van der Waals surface area (Å²) in [4.78, 5) is 21.9. The summed E-state index contributed by atoms with van der Waals surface area (Å²) in [6.45, 7) is 2.97. The number of amides is 1. The minimum Gasteiger partial charge on any atom is -0.474 e. The van der Waals surface area contributed by atoms with Crippen molar-refractivity contribution in [3.8, 4) is 23.1 Å². The van der Waals surface area contributed by atoms with Crippen molar-refractivity contribution < 1.29 is 19.0 Å². The maximum absolute atomic E-state index is 15.4. The van der Waals surface area contributed by atoms with E-state index in [9.17, 15) is 15.2 Å². The lowest BCUT2D eigenvalue weighted by Crippen LogP contribution is -2.42. The van der Waals surface area contributed by atoms with Crippen molar-refractivity contribution in [2.45, 2.75) is 32.2 Å². The van der Waals surface area contributed by atoms with Gasteiger partial charge in [0.05, 0.1) is 23.7 Å². The normalized spacial score (nSPS) is 19.1. The molecule has 1 aromatic carbocycles. The number of fused-ring (bicyclic) bond motifs is 2. The largest absolute Gasteiger partial charge is 0.474 e. The zero-order chi connectivity index (χ0) is 24.0. The zero-order valence-corrected chi connectivity index (χ0v) is 18.5. The highest BCUT2D eigenvalue weighted by molar-refractivity contribution is 5.99. The Bertz CT molecular complexity index is 1360. The minimum atomic E-state index is -1.19. The standard InChI is InChI=1S/C24H23FN6O3/c1-12-16(10-30-23-22(12)28-5-6-34-23)15-7-14-8-19(29-11-17(14)21(27)20(15)25)31(24(32)33)18-4-2-3-13(18)9-26/h7-8,10-11,13,18,28H,2-6,27H2,1H3,(H,32,33)/t13-,18+/m0/s1. The van der Waals surface area contributed by atoms with Gasteiger partial charge in [-0.05, 0) is 49.3 Å². The molecule has 2 atom stereocenters. The molecule has 0 radical (unpaired) electrons. The van der Waals surface area contributed by atoms with Crippen LogP contribution < -0.4 is 20.7 Å². The van der Waals surface area contributed by atoms with E-state index in [1.807, 2.05) is 6.92 Å². The third-order valence-electron chi connectivity index (χ3n) is 6.65. The monoisotopic (exact) mass is 462 g/mol. The first kappa shape index (κ1) is 21.7. The number of carbonyl (C=O) groups is 1. The number of rotatable bonds is 3. The number of anilines is 3. The van der Waals surface area contributed by atoms with E-state index >= 15 is 4.39 Å². The number of carboxylic acid groups (broad SMARTS) is 1. The van der Waals surface area contributed by atoms with Crippen LogP contribution in [0.4, 0.5) is 26.4 Å². The number of hydrogen-bond acceptors (Lipinski definition) is 7. The molecule has 3 heterocycles. The lowest BCUT2D eigenvalue weighted by molar-refractivity contribution is 0.197. The number of nitriles is 1. The Morgan fingerprint density at radius 2 is 2.15 bits per heavy atom. The molecular formula is C24H23FN6O3. The zero-order valence-electron chi connectivity index (χ0n) is 18.5. The van der Waals surface area contributed by atoms with E-state index in [0.717, 1.165) is 16.9 Å². The van der Waals surface area contributed by atoms with Gasteiger partial charge in [-0.25, -0.2) is 19.2 Å². The van der Waals surface area contributed by atoms with Gasteiger partial charge in [0.2, 0.25) is 5.88 Å². The summed E-state index contributed by atoms with van der Waals surface area (Å²) in [7, 11) is 0. The van der Waals surface area contributed by atoms with Crippen LogP contribution in [0.2, 0.25) is 0 Å². The quantitative estimate of drug-likeness (QED) is 0.490. The van der Waals surface area contributed by atoms with Crippen LogP contribution in [-0.2, 0) is 0 Å². The van der Waals surface area contributed by atoms with Gasteiger partial charge in [-0.1, -0.05) is 0 Å². The van der Waals surface area contributed by atoms with Crippen molar-refractivity contribution in [3.05, 3.63) is 35.9 Å². The number of nitrogen functional groups attached to an aromatic ring is 1. The number of aromatic nitrogens is 2. The summed E-state index contributed by atoms with van der Waals surface area (Å²) in [5.41, 5.74) is 8.35. The van der Waals surface area contributed by atoms with E-state index in [-0.39, 0.29) is 17.1 Å². The molecule has 1 saturated carbocycles. The van der Waals surface area contributed by atoms with Gasteiger partial charge in [0.1, 0.15) is 18.1 Å². The predicted molar refractivity (Wildman–Crippen MR) is 125 cm³/mol. The molecule has 10 heteroatoms. The molecule has 2 aliphatic rings. The van der Waals surface area contributed by atoms with E-state index in [2.05, 4.69) is 21.4 Å². The summed E-state index contributed by atoms with van der Waals surface area (Å²) >= 11 is 0. The highest BCUT2D eigenvalue weighted by atomic mass is 19.1. The maximum Gasteiger partial charge on any atom is 0.413 e. The highest BCUT2D eigenvalue weighted by Gasteiger charge is 2.36. The number of hydrogen-bond donors (Lipinski definition) is 3. The van der Waals surface area contributed by atoms with Crippen LogP contribution in [-0.4, -0.2) is 40.4 Å². The Hall–Kier alpha value is -4.13. The van der Waals surface area contributed by atoms with Crippen LogP contribution in [0.25, 0.3) is 21.9 Å². The summed E-state index contributed by atoms with van der Waals surface area (Å²) in [5.74, 6) is -0.353. The molecule has 1 aliphatic carbocycles. The second-order valence-corrected chi connectivity index (χ2v) is 8.55. The van der Waals surface area contributed by atoms with E-state index < -0.39 is 23.9 Å². The Kier molecular flexibility index (Phi) is 5.32. The first-order valence-electron chi connectivity index (χ1n) is 11.1. The molecular weight excluding hydrogens is 439 g/mol. The van der Waals surface area contributed by atoms with Crippen molar-refractivity contribution in [3.63, 3.8) is 0 Å². The van der Waals surface area contributed by atoms with Gasteiger partial charge in [-0.2, -0.15) is 5.26 Å². The second kappa shape index (κ2) is 8.33. The molecule has 2 aromatic heterocycles. The maximum atomic E-state index is 15.4. The van der Waals surface area contributed by atoms with Gasteiger partial charge >= 0.3 is 6.09 Å². The molecule has 1 amide bonds. The van der Waals surface area contributed by atoms with Gasteiger partial charge in [0.15, 0.2) is 5.82 Å². The number of nitrogens with one attached hydrogen (secondary N) is 1. The summed E-state index contributed by atoms with van der Waals surface area (Å²) in [6.07, 6.45) is 3.73.